The summed E-state index contributed by atoms with van der Waals surface area (Å²) in [6.45, 7) is 2.77. The molecule has 1 aromatic heterocycles. The fourth-order valence-corrected chi connectivity index (χ4v) is 2.97. The second-order valence-electron chi connectivity index (χ2n) is 5.04. The van der Waals surface area contributed by atoms with Gasteiger partial charge in [-0.25, -0.2) is 0 Å². The van der Waals surface area contributed by atoms with Crippen LogP contribution in [0.5, 0.6) is 0 Å². The summed E-state index contributed by atoms with van der Waals surface area (Å²) in [5.74, 6) is 0.701. The van der Waals surface area contributed by atoms with E-state index in [4.69, 9.17) is 0 Å². The van der Waals surface area contributed by atoms with Crippen LogP contribution >= 0.6 is 15.9 Å². The number of nitrogens with zero attached hydrogens (tertiary/aromatic N) is 2. The fraction of sp³-hybridized carbons (Fsp3) is 0.400. The average Bonchev–Trinajstić information content (AvgIpc) is 3.22. The Morgan fingerprint density at radius 3 is 2.95 bits per heavy atom. The van der Waals surface area contributed by atoms with Gasteiger partial charge >= 0.3 is 0 Å². The smallest absolute Gasteiger partial charge is 0.122 e. The number of hydrogen-bond donors (Lipinski definition) is 1. The number of aromatic nitrogens is 2. The van der Waals surface area contributed by atoms with Gasteiger partial charge < -0.3 is 5.11 Å². The van der Waals surface area contributed by atoms with E-state index < -0.39 is 6.10 Å². The molecule has 1 aliphatic carbocycles. The van der Waals surface area contributed by atoms with Crippen LogP contribution in [0.15, 0.2) is 34.9 Å². The van der Waals surface area contributed by atoms with Crippen molar-refractivity contribution in [3.05, 3.63) is 51.8 Å². The molecule has 1 saturated carbocycles. The monoisotopic (exact) mass is 320 g/mol. The highest BCUT2D eigenvalue weighted by molar-refractivity contribution is 9.10. The van der Waals surface area contributed by atoms with Crippen LogP contribution < -0.4 is 0 Å². The van der Waals surface area contributed by atoms with Gasteiger partial charge in [0.15, 0.2) is 0 Å². The van der Waals surface area contributed by atoms with E-state index >= 15 is 0 Å². The zero-order chi connectivity index (χ0) is 13.4. The maximum atomic E-state index is 10.6. The molecule has 0 amide bonds. The van der Waals surface area contributed by atoms with Gasteiger partial charge in [0.1, 0.15) is 6.10 Å². The SMILES string of the molecule is CCn1ncc(Br)c1C(O)c1cccc(C2CC2)c1. The van der Waals surface area contributed by atoms with Gasteiger partial charge in [-0.2, -0.15) is 5.10 Å². The lowest BCUT2D eigenvalue weighted by molar-refractivity contribution is 0.207. The molecule has 4 heteroatoms. The van der Waals surface area contributed by atoms with Crippen LogP contribution in [0.1, 0.15) is 48.6 Å². The molecule has 1 aliphatic rings. The summed E-state index contributed by atoms with van der Waals surface area (Å²) in [7, 11) is 0. The van der Waals surface area contributed by atoms with E-state index in [1.54, 1.807) is 6.20 Å². The van der Waals surface area contributed by atoms with Gasteiger partial charge in [-0.05, 0) is 52.7 Å². The minimum absolute atomic E-state index is 0.629. The maximum Gasteiger partial charge on any atom is 0.122 e. The van der Waals surface area contributed by atoms with Crippen molar-refractivity contribution >= 4 is 15.9 Å². The predicted octanol–water partition coefficient (Wildman–Crippen LogP) is 3.62. The Morgan fingerprint density at radius 2 is 2.26 bits per heavy atom. The van der Waals surface area contributed by atoms with Crippen molar-refractivity contribution in [3.63, 3.8) is 0 Å². The second kappa shape index (κ2) is 5.10. The normalized spacial score (nSPS) is 16.6. The summed E-state index contributed by atoms with van der Waals surface area (Å²) in [5, 5.41) is 14.9. The minimum atomic E-state index is -0.629. The summed E-state index contributed by atoms with van der Waals surface area (Å²) in [6, 6.07) is 8.30. The molecule has 3 nitrogen and oxygen atoms in total. The van der Waals surface area contributed by atoms with Crippen molar-refractivity contribution in [3.8, 4) is 0 Å². The van der Waals surface area contributed by atoms with Crippen LogP contribution in [-0.2, 0) is 6.54 Å². The Bertz CT molecular complexity index is 590. The number of halogens is 1. The Labute approximate surface area is 121 Å². The Hall–Kier alpha value is -1.13. The Balaban J connectivity index is 1.96. The highest BCUT2D eigenvalue weighted by atomic mass is 79.9. The van der Waals surface area contributed by atoms with Crippen molar-refractivity contribution in [2.24, 2.45) is 0 Å². The molecule has 1 fully saturated rings. The molecule has 1 atom stereocenters. The molecule has 1 heterocycles. The van der Waals surface area contributed by atoms with Crippen molar-refractivity contribution in [1.82, 2.24) is 9.78 Å². The lowest BCUT2D eigenvalue weighted by Gasteiger charge is -2.14. The van der Waals surface area contributed by atoms with E-state index in [1.807, 2.05) is 23.7 Å². The summed E-state index contributed by atoms with van der Waals surface area (Å²) < 4.78 is 2.69. The van der Waals surface area contributed by atoms with Crippen molar-refractivity contribution in [2.45, 2.75) is 38.3 Å². The quantitative estimate of drug-likeness (QED) is 0.934. The zero-order valence-corrected chi connectivity index (χ0v) is 12.5. The molecule has 0 spiro atoms. The second-order valence-corrected chi connectivity index (χ2v) is 5.89. The van der Waals surface area contributed by atoms with Gasteiger partial charge in [-0.15, -0.1) is 0 Å². The van der Waals surface area contributed by atoms with Crippen LogP contribution in [-0.4, -0.2) is 14.9 Å². The molecule has 1 aromatic carbocycles. The molecular weight excluding hydrogens is 304 g/mol. The van der Waals surface area contributed by atoms with Crippen LogP contribution in [0.25, 0.3) is 0 Å². The van der Waals surface area contributed by atoms with E-state index in [9.17, 15) is 5.11 Å². The fourth-order valence-electron chi connectivity index (χ4n) is 2.45. The first-order valence-corrected chi connectivity index (χ1v) is 7.49. The van der Waals surface area contributed by atoms with Crippen molar-refractivity contribution in [2.75, 3.05) is 0 Å². The maximum absolute atomic E-state index is 10.6. The topological polar surface area (TPSA) is 38.0 Å². The minimum Gasteiger partial charge on any atom is -0.382 e. The molecular formula is C15H17BrN2O. The summed E-state index contributed by atoms with van der Waals surface area (Å²) in [5.41, 5.74) is 3.12. The number of benzene rings is 1. The Morgan fingerprint density at radius 1 is 1.47 bits per heavy atom. The van der Waals surface area contributed by atoms with Gasteiger partial charge in [0.05, 0.1) is 16.4 Å². The van der Waals surface area contributed by atoms with E-state index in [-0.39, 0.29) is 0 Å². The van der Waals surface area contributed by atoms with Gasteiger partial charge in [0, 0.05) is 6.54 Å². The number of rotatable bonds is 4. The van der Waals surface area contributed by atoms with E-state index in [1.165, 1.54) is 18.4 Å². The standard InChI is InChI=1S/C15H17BrN2O/c1-2-18-14(13(16)9-17-18)15(19)12-5-3-4-11(8-12)10-6-7-10/h3-5,8-10,15,19H,2,6-7H2,1H3. The van der Waals surface area contributed by atoms with Crippen LogP contribution in [0.2, 0.25) is 0 Å². The third-order valence-corrected chi connectivity index (χ3v) is 4.28. The van der Waals surface area contributed by atoms with E-state index in [0.29, 0.717) is 5.92 Å². The lowest BCUT2D eigenvalue weighted by Crippen LogP contribution is -2.09. The molecule has 1 unspecified atom stereocenters. The molecule has 100 valence electrons. The van der Waals surface area contributed by atoms with Crippen LogP contribution in [0.4, 0.5) is 0 Å². The van der Waals surface area contributed by atoms with Crippen LogP contribution in [0.3, 0.4) is 0 Å². The van der Waals surface area contributed by atoms with Gasteiger partial charge in [-0.3, -0.25) is 4.68 Å². The third-order valence-electron chi connectivity index (χ3n) is 3.67. The summed E-state index contributed by atoms with van der Waals surface area (Å²) in [4.78, 5) is 0. The highest BCUT2D eigenvalue weighted by Crippen LogP contribution is 2.41. The average molecular weight is 321 g/mol. The molecule has 19 heavy (non-hydrogen) atoms. The molecule has 1 N–H and O–H groups in total. The molecule has 0 aliphatic heterocycles. The summed E-state index contributed by atoms with van der Waals surface area (Å²) in [6.07, 6.45) is 3.66. The summed E-state index contributed by atoms with van der Waals surface area (Å²) >= 11 is 3.47. The van der Waals surface area contributed by atoms with Gasteiger partial charge in [0.25, 0.3) is 0 Å². The molecule has 0 radical (unpaired) electrons. The lowest BCUT2D eigenvalue weighted by atomic mass is 10.0. The molecule has 2 aromatic rings. The third kappa shape index (κ3) is 2.47. The molecule has 0 saturated heterocycles. The number of aliphatic hydroxyl groups is 1. The zero-order valence-electron chi connectivity index (χ0n) is 10.9. The van der Waals surface area contributed by atoms with Gasteiger partial charge in [-0.1, -0.05) is 24.3 Å². The largest absolute Gasteiger partial charge is 0.382 e. The molecule has 0 bridgehead atoms. The first kappa shape index (κ1) is 12.9. The first-order valence-electron chi connectivity index (χ1n) is 6.69. The molecule has 3 rings (SSSR count). The van der Waals surface area contributed by atoms with Crippen LogP contribution in [0, 0.1) is 0 Å². The Kier molecular flexibility index (Phi) is 3.46. The van der Waals surface area contributed by atoms with Crippen molar-refractivity contribution in [1.29, 1.82) is 0 Å². The number of hydrogen-bond acceptors (Lipinski definition) is 2. The highest BCUT2D eigenvalue weighted by Gasteiger charge is 2.25. The first-order chi connectivity index (χ1) is 9.20. The van der Waals surface area contributed by atoms with Crippen molar-refractivity contribution < 1.29 is 5.11 Å². The van der Waals surface area contributed by atoms with E-state index in [2.05, 4.69) is 33.2 Å². The number of aryl methyl sites for hydroxylation is 1. The van der Waals surface area contributed by atoms with Gasteiger partial charge in [0.2, 0.25) is 0 Å². The number of aliphatic hydroxyl groups excluding tert-OH is 1. The van der Waals surface area contributed by atoms with E-state index in [0.717, 1.165) is 22.3 Å². The predicted molar refractivity (Wildman–Crippen MR) is 78.1 cm³/mol.